The summed E-state index contributed by atoms with van der Waals surface area (Å²) in [5, 5.41) is 8.37. The first-order chi connectivity index (χ1) is 11.1. The van der Waals surface area contributed by atoms with E-state index in [9.17, 15) is 0 Å². The van der Waals surface area contributed by atoms with Gasteiger partial charge in [0.15, 0.2) is 5.58 Å². The van der Waals surface area contributed by atoms with Crippen molar-refractivity contribution in [1.82, 2.24) is 19.7 Å². The molecule has 0 saturated carbocycles. The molecule has 2 heterocycles. The first kappa shape index (κ1) is 14.0. The third-order valence-corrected chi connectivity index (χ3v) is 4.20. The molecule has 0 radical (unpaired) electrons. The fourth-order valence-corrected chi connectivity index (χ4v) is 2.69. The maximum absolute atomic E-state index is 6.20. The van der Waals surface area contributed by atoms with Gasteiger partial charge in [-0.2, -0.15) is 0 Å². The number of rotatable bonds is 2. The van der Waals surface area contributed by atoms with E-state index in [1.807, 2.05) is 48.7 Å². The molecule has 4 rings (SSSR count). The Balaban J connectivity index is 1.87. The maximum atomic E-state index is 6.20. The summed E-state index contributed by atoms with van der Waals surface area (Å²) in [5.74, 6) is 0.561. The number of oxazole rings is 1. The molecule has 0 amide bonds. The number of aromatic nitrogens is 4. The van der Waals surface area contributed by atoms with Gasteiger partial charge < -0.3 is 4.42 Å². The maximum Gasteiger partial charge on any atom is 0.227 e. The summed E-state index contributed by atoms with van der Waals surface area (Å²) < 4.78 is 7.78. The van der Waals surface area contributed by atoms with Gasteiger partial charge in [-0.1, -0.05) is 17.7 Å². The molecule has 4 aromatic rings. The minimum absolute atomic E-state index is 0.561. The predicted octanol–water partition coefficient (Wildman–Crippen LogP) is 4.35. The van der Waals surface area contributed by atoms with E-state index in [0.29, 0.717) is 10.9 Å². The van der Waals surface area contributed by atoms with Crippen LogP contribution in [0.3, 0.4) is 0 Å². The molecule has 2 aromatic carbocycles. The van der Waals surface area contributed by atoms with Crippen LogP contribution >= 0.6 is 11.6 Å². The smallest absolute Gasteiger partial charge is 0.227 e. The van der Waals surface area contributed by atoms with Crippen molar-refractivity contribution in [2.45, 2.75) is 13.8 Å². The second kappa shape index (κ2) is 5.21. The number of hydrogen-bond acceptors (Lipinski definition) is 4. The minimum atomic E-state index is 0.561. The van der Waals surface area contributed by atoms with Crippen LogP contribution in [0.4, 0.5) is 0 Å². The van der Waals surface area contributed by atoms with Gasteiger partial charge in [0.05, 0.1) is 5.69 Å². The Labute approximate surface area is 137 Å². The summed E-state index contributed by atoms with van der Waals surface area (Å²) >= 11 is 6.20. The van der Waals surface area contributed by atoms with Gasteiger partial charge in [0.1, 0.15) is 18.2 Å². The quantitative estimate of drug-likeness (QED) is 0.550. The zero-order valence-corrected chi connectivity index (χ0v) is 13.4. The van der Waals surface area contributed by atoms with Crippen LogP contribution in [0.5, 0.6) is 0 Å². The summed E-state index contributed by atoms with van der Waals surface area (Å²) in [6.07, 6.45) is 3.31. The monoisotopic (exact) mass is 324 g/mol. The van der Waals surface area contributed by atoms with Crippen LogP contribution in [0.25, 0.3) is 28.2 Å². The molecule has 0 bridgehead atoms. The van der Waals surface area contributed by atoms with Crippen molar-refractivity contribution in [2.75, 3.05) is 0 Å². The van der Waals surface area contributed by atoms with Crippen LogP contribution in [-0.2, 0) is 0 Å². The second-order valence-corrected chi connectivity index (χ2v) is 5.87. The van der Waals surface area contributed by atoms with E-state index < -0.39 is 0 Å². The molecule has 5 nitrogen and oxygen atoms in total. The normalized spacial score (nSPS) is 11.3. The van der Waals surface area contributed by atoms with Crippen LogP contribution in [0, 0.1) is 13.8 Å². The lowest BCUT2D eigenvalue weighted by molar-refractivity contribution is 0.617. The highest BCUT2D eigenvalue weighted by Crippen LogP contribution is 2.30. The van der Waals surface area contributed by atoms with Crippen LogP contribution in [0.2, 0.25) is 5.02 Å². The predicted molar refractivity (Wildman–Crippen MR) is 88.8 cm³/mol. The SMILES string of the molecule is Cc1ccc(-c2nc3cc(-n4cnnc4)cc(C)c3o2)cc1Cl. The molecule has 0 fully saturated rings. The van der Waals surface area contributed by atoms with Crippen molar-refractivity contribution < 1.29 is 4.42 Å². The summed E-state index contributed by atoms with van der Waals surface area (Å²) in [7, 11) is 0. The third-order valence-electron chi connectivity index (χ3n) is 3.80. The van der Waals surface area contributed by atoms with Crippen molar-refractivity contribution in [2.24, 2.45) is 0 Å². The Morgan fingerprint density at radius 1 is 1.00 bits per heavy atom. The topological polar surface area (TPSA) is 56.7 Å². The Kier molecular flexibility index (Phi) is 3.16. The zero-order chi connectivity index (χ0) is 16.0. The van der Waals surface area contributed by atoms with Crippen molar-refractivity contribution in [3.63, 3.8) is 0 Å². The standard InChI is InChI=1S/C17H13ClN4O/c1-10-3-4-12(6-14(10)18)17-21-15-7-13(22-8-19-20-9-22)5-11(2)16(15)23-17/h3-9H,1-2H3. The van der Waals surface area contributed by atoms with E-state index in [0.717, 1.165) is 33.5 Å². The van der Waals surface area contributed by atoms with E-state index >= 15 is 0 Å². The second-order valence-electron chi connectivity index (χ2n) is 5.46. The van der Waals surface area contributed by atoms with E-state index in [1.165, 1.54) is 0 Å². The number of aryl methyl sites for hydroxylation is 2. The fraction of sp³-hybridized carbons (Fsp3) is 0.118. The van der Waals surface area contributed by atoms with Gasteiger partial charge in [-0.3, -0.25) is 4.57 Å². The van der Waals surface area contributed by atoms with Gasteiger partial charge in [-0.15, -0.1) is 10.2 Å². The third kappa shape index (κ3) is 2.39. The Bertz CT molecular complexity index is 1010. The summed E-state index contributed by atoms with van der Waals surface area (Å²) in [4.78, 5) is 4.61. The Hall–Kier alpha value is -2.66. The van der Waals surface area contributed by atoms with Gasteiger partial charge in [0, 0.05) is 10.6 Å². The lowest BCUT2D eigenvalue weighted by atomic mass is 10.1. The van der Waals surface area contributed by atoms with Crippen molar-refractivity contribution >= 4 is 22.7 Å². The highest BCUT2D eigenvalue weighted by Gasteiger charge is 2.13. The van der Waals surface area contributed by atoms with Gasteiger partial charge in [-0.25, -0.2) is 4.98 Å². The van der Waals surface area contributed by atoms with Crippen molar-refractivity contribution in [3.8, 4) is 17.1 Å². The molecule has 0 aliphatic rings. The number of fused-ring (bicyclic) bond motifs is 1. The molecule has 0 spiro atoms. The molecule has 23 heavy (non-hydrogen) atoms. The van der Waals surface area contributed by atoms with E-state index in [4.69, 9.17) is 16.0 Å². The Morgan fingerprint density at radius 3 is 2.52 bits per heavy atom. The summed E-state index contributed by atoms with van der Waals surface area (Å²) in [5.41, 5.74) is 5.40. The van der Waals surface area contributed by atoms with Gasteiger partial charge >= 0.3 is 0 Å². The highest BCUT2D eigenvalue weighted by atomic mass is 35.5. The molecule has 114 valence electrons. The first-order valence-electron chi connectivity index (χ1n) is 7.14. The molecule has 0 aliphatic heterocycles. The number of nitrogens with zero attached hydrogens (tertiary/aromatic N) is 4. The lowest BCUT2D eigenvalue weighted by Gasteiger charge is -2.02. The molecule has 0 aliphatic carbocycles. The van der Waals surface area contributed by atoms with E-state index in [-0.39, 0.29) is 0 Å². The molecule has 0 N–H and O–H groups in total. The number of hydrogen-bond donors (Lipinski definition) is 0. The average molecular weight is 325 g/mol. The van der Waals surface area contributed by atoms with Crippen LogP contribution < -0.4 is 0 Å². The molecule has 0 atom stereocenters. The van der Waals surface area contributed by atoms with Gasteiger partial charge in [0.25, 0.3) is 0 Å². The fourth-order valence-electron chi connectivity index (χ4n) is 2.51. The molecule has 6 heteroatoms. The van der Waals surface area contributed by atoms with Crippen LogP contribution in [0.1, 0.15) is 11.1 Å². The van der Waals surface area contributed by atoms with E-state index in [2.05, 4.69) is 15.2 Å². The van der Waals surface area contributed by atoms with Crippen LogP contribution in [0.15, 0.2) is 47.4 Å². The molecule has 0 unspecified atom stereocenters. The summed E-state index contributed by atoms with van der Waals surface area (Å²) in [6.45, 7) is 3.96. The first-order valence-corrected chi connectivity index (χ1v) is 7.52. The molecule has 2 aromatic heterocycles. The molecule has 0 saturated heterocycles. The Morgan fingerprint density at radius 2 is 1.78 bits per heavy atom. The largest absolute Gasteiger partial charge is 0.436 e. The molecular formula is C17H13ClN4O. The van der Waals surface area contributed by atoms with Gasteiger partial charge in [0.2, 0.25) is 5.89 Å². The zero-order valence-electron chi connectivity index (χ0n) is 12.6. The van der Waals surface area contributed by atoms with Crippen molar-refractivity contribution in [3.05, 3.63) is 59.1 Å². The molecular weight excluding hydrogens is 312 g/mol. The summed E-state index contributed by atoms with van der Waals surface area (Å²) in [6, 6.07) is 9.76. The van der Waals surface area contributed by atoms with Gasteiger partial charge in [-0.05, 0) is 49.2 Å². The number of halogens is 1. The minimum Gasteiger partial charge on any atom is -0.436 e. The van der Waals surface area contributed by atoms with Crippen molar-refractivity contribution in [1.29, 1.82) is 0 Å². The van der Waals surface area contributed by atoms with Crippen LogP contribution in [-0.4, -0.2) is 19.7 Å². The van der Waals surface area contributed by atoms with E-state index in [1.54, 1.807) is 12.7 Å². The number of benzene rings is 2. The highest BCUT2D eigenvalue weighted by molar-refractivity contribution is 6.31. The average Bonchev–Trinajstić information content (AvgIpc) is 3.18. The lowest BCUT2D eigenvalue weighted by Crippen LogP contribution is -1.91.